The molecule has 5 nitrogen and oxygen atoms in total. The van der Waals surface area contributed by atoms with E-state index in [1.807, 2.05) is 0 Å². The second kappa shape index (κ2) is 19.9. The van der Waals surface area contributed by atoms with Gasteiger partial charge in [0, 0.05) is 6.42 Å². The van der Waals surface area contributed by atoms with Gasteiger partial charge in [0.05, 0.1) is 7.11 Å². The molecule has 7 heteroatoms. The van der Waals surface area contributed by atoms with Gasteiger partial charge in [-0.25, -0.2) is 4.18 Å². The zero-order chi connectivity index (χ0) is 18.8. The fourth-order valence-electron chi connectivity index (χ4n) is 2.53. The molecule has 0 saturated carbocycles. The van der Waals surface area contributed by atoms with Crippen LogP contribution in [0.5, 0.6) is 0 Å². The second-order valence-electron chi connectivity index (χ2n) is 6.36. The predicted octanol–water partition coefficient (Wildman–Crippen LogP) is 4.81. The normalized spacial score (nSPS) is 11.5. The zero-order valence-corrected chi connectivity index (χ0v) is 16.8. The van der Waals surface area contributed by atoms with Crippen molar-refractivity contribution in [2.75, 3.05) is 7.11 Å². The molecule has 0 radical (unpaired) electrons. The van der Waals surface area contributed by atoms with Crippen LogP contribution in [0.1, 0.15) is 96.8 Å². The van der Waals surface area contributed by atoms with Crippen molar-refractivity contribution < 1.29 is 21.6 Å². The van der Waals surface area contributed by atoms with E-state index in [1.165, 1.54) is 44.9 Å². The van der Waals surface area contributed by atoms with Gasteiger partial charge in [0.25, 0.3) is 0 Å². The van der Waals surface area contributed by atoms with Gasteiger partial charge in [0.1, 0.15) is 0 Å². The van der Waals surface area contributed by atoms with Crippen LogP contribution < -0.4 is 0 Å². The summed E-state index contributed by atoms with van der Waals surface area (Å²) < 4.78 is 30.1. The van der Waals surface area contributed by atoms with E-state index in [9.17, 15) is 13.2 Å². The third kappa shape index (κ3) is 20.4. The van der Waals surface area contributed by atoms with Gasteiger partial charge < -0.3 is 4.18 Å². The molecular formula is C19H37NaO5S. The van der Waals surface area contributed by atoms with E-state index in [0.717, 1.165) is 39.2 Å². The Morgan fingerprint density at radius 3 is 1.77 bits per heavy atom. The van der Waals surface area contributed by atoms with E-state index >= 15 is 0 Å². The summed E-state index contributed by atoms with van der Waals surface area (Å²) in [4.78, 5) is 11.3. The summed E-state index contributed by atoms with van der Waals surface area (Å²) in [7, 11) is -3.18. The predicted molar refractivity (Wildman–Crippen MR) is 109 cm³/mol. The van der Waals surface area contributed by atoms with Gasteiger partial charge in [-0.2, -0.15) is 8.42 Å². The van der Waals surface area contributed by atoms with Crippen molar-refractivity contribution in [3.63, 3.8) is 0 Å². The summed E-state index contributed by atoms with van der Waals surface area (Å²) in [5.74, 6) is -0.750. The van der Waals surface area contributed by atoms with Gasteiger partial charge in [-0.1, -0.05) is 70.4 Å². The molecule has 0 aliphatic rings. The number of rotatable bonds is 17. The molecule has 0 rings (SSSR count). The van der Waals surface area contributed by atoms with Gasteiger partial charge in [0.2, 0.25) is 0 Å². The Kier molecular flexibility index (Phi) is 21.7. The summed E-state index contributed by atoms with van der Waals surface area (Å²) in [6.45, 7) is 2.24. The molecule has 0 amide bonds. The van der Waals surface area contributed by atoms with Crippen LogP contribution in [0.3, 0.4) is 0 Å². The Bertz CT molecular complexity index is 449. The molecular weight excluding hydrogens is 363 g/mol. The Balaban J connectivity index is 0. The second-order valence-corrected chi connectivity index (χ2v) is 7.68. The van der Waals surface area contributed by atoms with Crippen molar-refractivity contribution >= 4 is 45.9 Å². The van der Waals surface area contributed by atoms with Crippen LogP contribution in [0.15, 0.2) is 12.2 Å². The van der Waals surface area contributed by atoms with Crippen molar-refractivity contribution in [2.24, 2.45) is 0 Å². The molecule has 150 valence electrons. The quantitative estimate of drug-likeness (QED) is 0.199. The average molecular weight is 401 g/mol. The Morgan fingerprint density at radius 2 is 1.27 bits per heavy atom. The van der Waals surface area contributed by atoms with E-state index in [1.54, 1.807) is 0 Å². The topological polar surface area (TPSA) is 69.7 Å². The Labute approximate surface area is 182 Å². The monoisotopic (exact) mass is 400 g/mol. The molecule has 0 aliphatic carbocycles. The molecule has 0 aromatic carbocycles. The van der Waals surface area contributed by atoms with Crippen LogP contribution in [0.2, 0.25) is 0 Å². The van der Waals surface area contributed by atoms with Crippen LogP contribution in [0, 0.1) is 0 Å². The Morgan fingerprint density at radius 1 is 0.808 bits per heavy atom. The summed E-state index contributed by atoms with van der Waals surface area (Å²) >= 11 is 0. The third-order valence-electron chi connectivity index (χ3n) is 4.04. The number of carbonyl (C=O) groups is 1. The van der Waals surface area contributed by atoms with Gasteiger partial charge >= 0.3 is 45.9 Å². The molecule has 0 atom stereocenters. The molecule has 0 aromatic heterocycles. The Hall–Kier alpha value is 0.120. The van der Waals surface area contributed by atoms with E-state index in [2.05, 4.69) is 27.4 Å². The van der Waals surface area contributed by atoms with Crippen molar-refractivity contribution in [2.45, 2.75) is 96.8 Å². The fourth-order valence-corrected chi connectivity index (χ4v) is 2.91. The van der Waals surface area contributed by atoms with Crippen LogP contribution in [0.25, 0.3) is 0 Å². The van der Waals surface area contributed by atoms with Crippen LogP contribution in [-0.2, 0) is 23.6 Å². The van der Waals surface area contributed by atoms with Crippen LogP contribution in [-0.4, -0.2) is 51.1 Å². The number of hydrogen-bond acceptors (Lipinski definition) is 5. The van der Waals surface area contributed by atoms with Crippen molar-refractivity contribution in [1.29, 1.82) is 0 Å². The first-order valence-electron chi connectivity index (χ1n) is 9.69. The molecule has 0 aromatic rings. The first-order valence-corrected chi connectivity index (χ1v) is 11.0. The van der Waals surface area contributed by atoms with Crippen molar-refractivity contribution in [3.8, 4) is 0 Å². The number of hydrogen-bond donors (Lipinski definition) is 0. The van der Waals surface area contributed by atoms with E-state index in [4.69, 9.17) is 0 Å². The molecule has 0 unspecified atom stereocenters. The molecule has 0 saturated heterocycles. The van der Waals surface area contributed by atoms with E-state index < -0.39 is 16.4 Å². The van der Waals surface area contributed by atoms with E-state index in [-0.39, 0.29) is 36.0 Å². The summed E-state index contributed by atoms with van der Waals surface area (Å²) in [5.41, 5.74) is 0. The number of allylic oxidation sites excluding steroid dienone is 2. The summed E-state index contributed by atoms with van der Waals surface area (Å²) in [6, 6.07) is 0. The van der Waals surface area contributed by atoms with Gasteiger partial charge in [0.15, 0.2) is 0 Å². The van der Waals surface area contributed by atoms with Gasteiger partial charge in [-0.15, -0.1) is 0 Å². The first-order chi connectivity index (χ1) is 12.0. The standard InChI is InChI=1S/C19H36O5S.Na.H/c1-3-4-5-6-7-8-9-10-11-12-13-14-15-16-17-18-19(20)24-25(21,22)23-2;;/h10-11H,3-9,12-18H2,1-2H3;;/b11-10-;;. The van der Waals surface area contributed by atoms with Gasteiger partial charge in [-0.05, 0) is 32.1 Å². The number of carbonyl (C=O) groups excluding carboxylic acids is 1. The number of unbranched alkanes of at least 4 members (excludes halogenated alkanes) is 11. The van der Waals surface area contributed by atoms with Crippen LogP contribution in [0.4, 0.5) is 0 Å². The minimum atomic E-state index is -4.15. The van der Waals surface area contributed by atoms with Crippen LogP contribution >= 0.6 is 0 Å². The van der Waals surface area contributed by atoms with Gasteiger partial charge in [-0.3, -0.25) is 4.79 Å². The fraction of sp³-hybridized carbons (Fsp3) is 0.842. The van der Waals surface area contributed by atoms with Crippen molar-refractivity contribution in [1.82, 2.24) is 0 Å². The molecule has 0 heterocycles. The minimum absolute atomic E-state index is 0. The maximum absolute atomic E-state index is 11.3. The zero-order valence-electron chi connectivity index (χ0n) is 16.0. The van der Waals surface area contributed by atoms with Crippen molar-refractivity contribution in [3.05, 3.63) is 12.2 Å². The van der Waals surface area contributed by atoms with E-state index in [0.29, 0.717) is 6.42 Å². The average Bonchev–Trinajstić information content (AvgIpc) is 2.58. The molecule has 0 bridgehead atoms. The SMILES string of the molecule is CCCCCCCC/C=C\CCCCCCCC(=O)OS(=O)(=O)OC.[NaH]. The summed E-state index contributed by atoms with van der Waals surface area (Å²) in [5, 5.41) is 0. The summed E-state index contributed by atoms with van der Waals surface area (Å²) in [6.07, 6.45) is 19.9. The first kappa shape index (κ1) is 28.3. The maximum atomic E-state index is 11.3. The molecule has 0 aliphatic heterocycles. The molecule has 0 N–H and O–H groups in total. The molecule has 26 heavy (non-hydrogen) atoms. The molecule has 0 spiro atoms. The third-order valence-corrected chi connectivity index (χ3v) is 4.84. The molecule has 0 fully saturated rings.